The fourth-order valence-electron chi connectivity index (χ4n) is 2.28. The summed E-state index contributed by atoms with van der Waals surface area (Å²) < 4.78 is 5.12. The average molecular weight is 261 g/mol. The van der Waals surface area contributed by atoms with Gasteiger partial charge in [0.2, 0.25) is 0 Å². The number of aromatic hydroxyl groups is 1. The number of hydrogen-bond donors (Lipinski definition) is 1. The highest BCUT2D eigenvalue weighted by molar-refractivity contribution is 5.97. The van der Waals surface area contributed by atoms with E-state index in [1.165, 1.54) is 12.5 Å². The van der Waals surface area contributed by atoms with Crippen LogP contribution in [0.15, 0.2) is 29.8 Å². The Morgan fingerprint density at radius 2 is 2.26 bits per heavy atom. The highest BCUT2D eigenvalue weighted by atomic mass is 16.5. The van der Waals surface area contributed by atoms with E-state index in [9.17, 15) is 9.90 Å². The molecule has 0 saturated carbocycles. The van der Waals surface area contributed by atoms with Crippen molar-refractivity contribution in [1.82, 2.24) is 0 Å². The fraction of sp³-hybridized carbons (Fsp3) is 0.400. The summed E-state index contributed by atoms with van der Waals surface area (Å²) in [5, 5.41) is 9.85. The Morgan fingerprint density at radius 1 is 1.47 bits per heavy atom. The van der Waals surface area contributed by atoms with Crippen molar-refractivity contribution in [2.45, 2.75) is 13.3 Å². The SMILES string of the molecule is COCC1=CCN(c2ccc(C(C)=O)c(O)c2)CC1. The second-order valence-electron chi connectivity index (χ2n) is 4.75. The summed E-state index contributed by atoms with van der Waals surface area (Å²) in [4.78, 5) is 13.4. The van der Waals surface area contributed by atoms with Crippen LogP contribution in [0, 0.1) is 0 Å². The van der Waals surface area contributed by atoms with E-state index in [-0.39, 0.29) is 11.5 Å². The molecule has 0 amide bonds. The smallest absolute Gasteiger partial charge is 0.163 e. The summed E-state index contributed by atoms with van der Waals surface area (Å²) in [6, 6.07) is 5.22. The second-order valence-corrected chi connectivity index (χ2v) is 4.75. The lowest BCUT2D eigenvalue weighted by atomic mass is 10.1. The third kappa shape index (κ3) is 3.15. The van der Waals surface area contributed by atoms with Gasteiger partial charge < -0.3 is 14.7 Å². The number of carbonyl (C=O) groups is 1. The number of nitrogens with zero attached hydrogens (tertiary/aromatic N) is 1. The van der Waals surface area contributed by atoms with Gasteiger partial charge in [0.05, 0.1) is 12.2 Å². The quantitative estimate of drug-likeness (QED) is 0.668. The molecule has 1 aromatic carbocycles. The van der Waals surface area contributed by atoms with E-state index in [2.05, 4.69) is 11.0 Å². The van der Waals surface area contributed by atoms with Gasteiger partial charge in [-0.3, -0.25) is 4.79 Å². The highest BCUT2D eigenvalue weighted by Crippen LogP contribution is 2.27. The van der Waals surface area contributed by atoms with Crippen molar-refractivity contribution in [2.75, 3.05) is 31.7 Å². The molecule has 1 aliphatic rings. The van der Waals surface area contributed by atoms with Crippen LogP contribution in [0.5, 0.6) is 5.75 Å². The molecule has 2 rings (SSSR count). The van der Waals surface area contributed by atoms with E-state index in [4.69, 9.17) is 4.74 Å². The van der Waals surface area contributed by atoms with Crippen LogP contribution in [0.4, 0.5) is 5.69 Å². The van der Waals surface area contributed by atoms with Crippen molar-refractivity contribution >= 4 is 11.5 Å². The van der Waals surface area contributed by atoms with Gasteiger partial charge in [-0.1, -0.05) is 6.08 Å². The number of anilines is 1. The van der Waals surface area contributed by atoms with Crippen molar-refractivity contribution < 1.29 is 14.6 Å². The number of phenolic OH excluding ortho intramolecular Hbond substituents is 1. The van der Waals surface area contributed by atoms with Gasteiger partial charge in [-0.15, -0.1) is 0 Å². The molecule has 0 atom stereocenters. The van der Waals surface area contributed by atoms with Gasteiger partial charge in [0.25, 0.3) is 0 Å². The summed E-state index contributed by atoms with van der Waals surface area (Å²) in [6.07, 6.45) is 3.12. The first-order valence-corrected chi connectivity index (χ1v) is 6.37. The molecular weight excluding hydrogens is 242 g/mol. The molecule has 0 bridgehead atoms. The highest BCUT2D eigenvalue weighted by Gasteiger charge is 2.14. The molecule has 0 radical (unpaired) electrons. The van der Waals surface area contributed by atoms with Crippen LogP contribution < -0.4 is 4.90 Å². The van der Waals surface area contributed by atoms with E-state index < -0.39 is 0 Å². The number of rotatable bonds is 4. The number of phenols is 1. The summed E-state index contributed by atoms with van der Waals surface area (Å²) in [7, 11) is 1.70. The summed E-state index contributed by atoms with van der Waals surface area (Å²) in [6.45, 7) is 3.84. The minimum atomic E-state index is -0.120. The number of carbonyl (C=O) groups excluding carboxylic acids is 1. The number of ether oxygens (including phenoxy) is 1. The number of benzene rings is 1. The van der Waals surface area contributed by atoms with Gasteiger partial charge in [-0.2, -0.15) is 0 Å². The van der Waals surface area contributed by atoms with E-state index in [0.29, 0.717) is 12.2 Å². The maximum Gasteiger partial charge on any atom is 0.163 e. The van der Waals surface area contributed by atoms with E-state index in [1.54, 1.807) is 19.2 Å². The third-order valence-corrected chi connectivity index (χ3v) is 3.36. The van der Waals surface area contributed by atoms with Crippen molar-refractivity contribution in [3.05, 3.63) is 35.4 Å². The molecule has 19 heavy (non-hydrogen) atoms. The first-order valence-electron chi connectivity index (χ1n) is 6.37. The van der Waals surface area contributed by atoms with Crippen molar-refractivity contribution in [3.8, 4) is 5.75 Å². The van der Waals surface area contributed by atoms with E-state index in [0.717, 1.165) is 25.2 Å². The molecule has 1 aromatic rings. The first kappa shape index (κ1) is 13.6. The van der Waals surface area contributed by atoms with Gasteiger partial charge in [-0.05, 0) is 31.1 Å². The third-order valence-electron chi connectivity index (χ3n) is 3.36. The van der Waals surface area contributed by atoms with E-state index in [1.807, 2.05) is 6.07 Å². The zero-order chi connectivity index (χ0) is 13.8. The molecule has 0 aliphatic carbocycles. The van der Waals surface area contributed by atoms with Crippen molar-refractivity contribution in [3.63, 3.8) is 0 Å². The maximum atomic E-state index is 11.3. The molecule has 0 saturated heterocycles. The zero-order valence-electron chi connectivity index (χ0n) is 11.3. The number of hydrogen-bond acceptors (Lipinski definition) is 4. The van der Waals surface area contributed by atoms with E-state index >= 15 is 0 Å². The maximum absolute atomic E-state index is 11.3. The summed E-state index contributed by atoms with van der Waals surface area (Å²) in [5.41, 5.74) is 2.62. The Kier molecular flexibility index (Phi) is 4.22. The standard InChI is InChI=1S/C15H19NO3/c1-11(17)14-4-3-13(9-15(14)18)16-7-5-12(6-8-16)10-19-2/h3-5,9,18H,6-8,10H2,1-2H3. The van der Waals surface area contributed by atoms with Crippen LogP contribution in [-0.2, 0) is 4.74 Å². The molecule has 102 valence electrons. The average Bonchev–Trinajstić information content (AvgIpc) is 2.39. The van der Waals surface area contributed by atoms with Gasteiger partial charge in [-0.25, -0.2) is 0 Å². The topological polar surface area (TPSA) is 49.8 Å². The van der Waals surface area contributed by atoms with Gasteiger partial charge in [0.15, 0.2) is 5.78 Å². The Balaban J connectivity index is 2.12. The predicted octanol–water partition coefficient (Wildman–Crippen LogP) is 2.38. The lowest BCUT2D eigenvalue weighted by molar-refractivity contribution is 0.101. The normalized spacial score (nSPS) is 15.3. The summed E-state index contributed by atoms with van der Waals surface area (Å²) in [5.74, 6) is -0.0679. The Labute approximate surface area is 113 Å². The molecule has 0 unspecified atom stereocenters. The molecule has 0 fully saturated rings. The zero-order valence-corrected chi connectivity index (χ0v) is 11.3. The Morgan fingerprint density at radius 3 is 2.79 bits per heavy atom. The largest absolute Gasteiger partial charge is 0.507 e. The molecular formula is C15H19NO3. The molecule has 1 N–H and O–H groups in total. The monoisotopic (exact) mass is 261 g/mol. The predicted molar refractivity (Wildman–Crippen MR) is 74.9 cm³/mol. The molecule has 0 spiro atoms. The van der Waals surface area contributed by atoms with Crippen LogP contribution in [0.2, 0.25) is 0 Å². The van der Waals surface area contributed by atoms with Gasteiger partial charge in [0.1, 0.15) is 5.75 Å². The number of Topliss-reactive ketones (excluding diaryl/α,β-unsaturated/α-hetero) is 1. The van der Waals surface area contributed by atoms with Crippen LogP contribution in [-0.4, -0.2) is 37.7 Å². The Hall–Kier alpha value is -1.81. The van der Waals surface area contributed by atoms with Crippen molar-refractivity contribution in [1.29, 1.82) is 0 Å². The minimum absolute atomic E-state index is 0.0525. The summed E-state index contributed by atoms with van der Waals surface area (Å²) >= 11 is 0. The van der Waals surface area contributed by atoms with Crippen molar-refractivity contribution in [2.24, 2.45) is 0 Å². The van der Waals surface area contributed by atoms with Crippen LogP contribution in [0.1, 0.15) is 23.7 Å². The number of methoxy groups -OCH3 is 1. The molecule has 4 nitrogen and oxygen atoms in total. The van der Waals surface area contributed by atoms with Crippen LogP contribution in [0.3, 0.4) is 0 Å². The van der Waals surface area contributed by atoms with Gasteiger partial charge >= 0.3 is 0 Å². The second kappa shape index (κ2) is 5.89. The Bertz CT molecular complexity index is 508. The van der Waals surface area contributed by atoms with Crippen LogP contribution >= 0.6 is 0 Å². The molecule has 4 heteroatoms. The molecule has 0 aromatic heterocycles. The lowest BCUT2D eigenvalue weighted by Crippen LogP contribution is -2.29. The fourth-order valence-corrected chi connectivity index (χ4v) is 2.28. The minimum Gasteiger partial charge on any atom is -0.507 e. The lowest BCUT2D eigenvalue weighted by Gasteiger charge is -2.28. The molecule has 1 heterocycles. The van der Waals surface area contributed by atoms with Gasteiger partial charge in [0, 0.05) is 32.0 Å². The first-order chi connectivity index (χ1) is 9.11. The molecule has 1 aliphatic heterocycles. The number of ketones is 1. The van der Waals surface area contributed by atoms with Crippen LogP contribution in [0.25, 0.3) is 0 Å².